The highest BCUT2D eigenvalue weighted by Gasteiger charge is 2.41. The second kappa shape index (κ2) is 3.03. The molecule has 0 aromatic rings. The van der Waals surface area contributed by atoms with Crippen LogP contribution in [0.3, 0.4) is 0 Å². The molecule has 1 rings (SSSR count). The minimum atomic E-state index is -2.54. The molecule has 0 aromatic heterocycles. The molecule has 1 fully saturated rings. The van der Waals surface area contributed by atoms with Gasteiger partial charge in [-0.25, -0.2) is 8.78 Å². The molecule has 0 aromatic carbocycles. The summed E-state index contributed by atoms with van der Waals surface area (Å²) in [4.78, 5) is 0. The minimum absolute atomic E-state index is 0.0780. The molecule has 0 spiro atoms. The van der Waals surface area contributed by atoms with E-state index in [0.717, 1.165) is 0 Å². The molecule has 2 atom stereocenters. The monoisotopic (exact) mass is 165 g/mol. The van der Waals surface area contributed by atoms with Crippen molar-refractivity contribution in [3.63, 3.8) is 0 Å². The Kier molecular flexibility index (Phi) is 2.44. The number of nitrogens with two attached hydrogens (primary N) is 1. The third kappa shape index (κ3) is 2.10. The summed E-state index contributed by atoms with van der Waals surface area (Å²) in [6.45, 7) is -0.194. The van der Waals surface area contributed by atoms with Crippen LogP contribution < -0.4 is 5.73 Å². The number of halogens is 2. The Morgan fingerprint density at radius 2 is 2.27 bits per heavy atom. The second-order valence-corrected chi connectivity index (χ2v) is 3.21. The summed E-state index contributed by atoms with van der Waals surface area (Å²) < 4.78 is 25.1. The van der Waals surface area contributed by atoms with E-state index in [9.17, 15) is 8.78 Å². The molecule has 2 nitrogen and oxygen atoms in total. The third-order valence-electron chi connectivity index (χ3n) is 2.26. The van der Waals surface area contributed by atoms with Crippen LogP contribution >= 0.6 is 0 Å². The molecule has 0 aliphatic heterocycles. The third-order valence-corrected chi connectivity index (χ3v) is 2.26. The van der Waals surface area contributed by atoms with E-state index in [2.05, 4.69) is 0 Å². The van der Waals surface area contributed by atoms with Gasteiger partial charge in [-0.05, 0) is 12.3 Å². The number of alkyl halides is 2. The maximum absolute atomic E-state index is 12.6. The Labute approximate surface area is 64.4 Å². The second-order valence-electron chi connectivity index (χ2n) is 3.21. The number of rotatable bonds is 2. The molecule has 0 saturated heterocycles. The van der Waals surface area contributed by atoms with Crippen molar-refractivity contribution in [3.8, 4) is 0 Å². The summed E-state index contributed by atoms with van der Waals surface area (Å²) in [6, 6.07) is -0.469. The van der Waals surface area contributed by atoms with Crippen LogP contribution in [0.2, 0.25) is 0 Å². The highest BCUT2D eigenvalue weighted by Crippen LogP contribution is 2.39. The molecule has 11 heavy (non-hydrogen) atoms. The van der Waals surface area contributed by atoms with Crippen molar-refractivity contribution in [1.29, 1.82) is 0 Å². The summed E-state index contributed by atoms with van der Waals surface area (Å²) >= 11 is 0. The molecule has 0 bridgehead atoms. The van der Waals surface area contributed by atoms with Gasteiger partial charge < -0.3 is 10.8 Å². The molecule has 1 aliphatic carbocycles. The fraction of sp³-hybridized carbons (Fsp3) is 1.00. The smallest absolute Gasteiger partial charge is 0.248 e. The van der Waals surface area contributed by atoms with Crippen LogP contribution in [0.1, 0.15) is 19.3 Å². The molecule has 66 valence electrons. The molecule has 1 aliphatic rings. The van der Waals surface area contributed by atoms with Crippen LogP contribution in [0.15, 0.2) is 0 Å². The van der Waals surface area contributed by atoms with Gasteiger partial charge in [0.2, 0.25) is 5.92 Å². The number of aliphatic hydroxyl groups is 1. The Morgan fingerprint density at radius 1 is 1.64 bits per heavy atom. The lowest BCUT2D eigenvalue weighted by Gasteiger charge is -2.15. The topological polar surface area (TPSA) is 46.2 Å². The normalized spacial score (nSPS) is 32.2. The molecule has 0 heterocycles. The first kappa shape index (κ1) is 8.87. The molecular formula is C7H13F2NO. The molecule has 0 radical (unpaired) electrons. The van der Waals surface area contributed by atoms with Crippen molar-refractivity contribution in [2.45, 2.75) is 31.2 Å². The van der Waals surface area contributed by atoms with Crippen LogP contribution in [0.25, 0.3) is 0 Å². The van der Waals surface area contributed by atoms with Crippen LogP contribution in [-0.4, -0.2) is 23.7 Å². The summed E-state index contributed by atoms with van der Waals surface area (Å²) in [6.07, 6.45) is 0.203. The van der Waals surface area contributed by atoms with E-state index in [-0.39, 0.29) is 25.4 Å². The summed E-state index contributed by atoms with van der Waals surface area (Å²) in [5, 5.41) is 8.60. The molecule has 4 heteroatoms. The zero-order chi connectivity index (χ0) is 8.48. The first-order chi connectivity index (χ1) is 5.05. The Balaban J connectivity index is 2.41. The van der Waals surface area contributed by atoms with E-state index >= 15 is 0 Å². The van der Waals surface area contributed by atoms with Crippen molar-refractivity contribution in [3.05, 3.63) is 0 Å². The van der Waals surface area contributed by atoms with Gasteiger partial charge >= 0.3 is 0 Å². The average molecular weight is 165 g/mol. The zero-order valence-corrected chi connectivity index (χ0v) is 6.26. The Morgan fingerprint density at radius 3 is 2.64 bits per heavy atom. The lowest BCUT2D eigenvalue weighted by atomic mass is 10.00. The first-order valence-electron chi connectivity index (χ1n) is 3.79. The van der Waals surface area contributed by atoms with E-state index in [1.54, 1.807) is 0 Å². The largest absolute Gasteiger partial charge is 0.395 e. The molecule has 0 amide bonds. The zero-order valence-electron chi connectivity index (χ0n) is 6.26. The van der Waals surface area contributed by atoms with Crippen molar-refractivity contribution < 1.29 is 13.9 Å². The van der Waals surface area contributed by atoms with Crippen LogP contribution in [0, 0.1) is 5.92 Å². The van der Waals surface area contributed by atoms with Crippen molar-refractivity contribution in [2.75, 3.05) is 6.61 Å². The first-order valence-corrected chi connectivity index (χ1v) is 3.79. The van der Waals surface area contributed by atoms with E-state index in [1.165, 1.54) is 0 Å². The number of aliphatic hydroxyl groups excluding tert-OH is 1. The van der Waals surface area contributed by atoms with Gasteiger partial charge in [-0.3, -0.25) is 0 Å². The fourth-order valence-corrected chi connectivity index (χ4v) is 1.50. The van der Waals surface area contributed by atoms with Crippen molar-refractivity contribution in [1.82, 2.24) is 0 Å². The maximum Gasteiger partial charge on any atom is 0.248 e. The van der Waals surface area contributed by atoms with Gasteiger partial charge in [0.1, 0.15) is 0 Å². The summed E-state index contributed by atoms with van der Waals surface area (Å²) in [5.41, 5.74) is 5.42. The van der Waals surface area contributed by atoms with Crippen molar-refractivity contribution in [2.24, 2.45) is 11.7 Å². The summed E-state index contributed by atoms with van der Waals surface area (Å²) in [5.74, 6) is -2.74. The van der Waals surface area contributed by atoms with E-state index in [4.69, 9.17) is 10.8 Å². The van der Waals surface area contributed by atoms with Crippen LogP contribution in [0.4, 0.5) is 8.78 Å². The maximum atomic E-state index is 12.6. The predicted octanol–water partition coefficient (Wildman–Crippen LogP) is 0.741. The van der Waals surface area contributed by atoms with E-state index < -0.39 is 12.0 Å². The van der Waals surface area contributed by atoms with Crippen LogP contribution in [-0.2, 0) is 0 Å². The lowest BCUT2D eigenvalue weighted by Crippen LogP contribution is -2.32. The number of hydrogen-bond donors (Lipinski definition) is 2. The lowest BCUT2D eigenvalue weighted by molar-refractivity contribution is 0.00306. The quantitative estimate of drug-likeness (QED) is 0.634. The molecule has 3 N–H and O–H groups in total. The van der Waals surface area contributed by atoms with Gasteiger partial charge in [-0.2, -0.15) is 0 Å². The molecular weight excluding hydrogens is 152 g/mol. The molecule has 1 saturated carbocycles. The predicted molar refractivity (Wildman–Crippen MR) is 37.3 cm³/mol. The van der Waals surface area contributed by atoms with Gasteiger partial charge in [-0.1, -0.05) is 0 Å². The summed E-state index contributed by atoms with van der Waals surface area (Å²) in [7, 11) is 0. The van der Waals surface area contributed by atoms with Gasteiger partial charge in [-0.15, -0.1) is 0 Å². The number of hydrogen-bond acceptors (Lipinski definition) is 2. The average Bonchev–Trinajstić information content (AvgIpc) is 2.29. The fourth-order valence-electron chi connectivity index (χ4n) is 1.50. The Hall–Kier alpha value is -0.220. The van der Waals surface area contributed by atoms with Gasteiger partial charge in [0.05, 0.1) is 6.61 Å². The SMILES string of the molecule is NC(CO)C1CCC(F)(F)C1. The van der Waals surface area contributed by atoms with E-state index in [0.29, 0.717) is 6.42 Å². The molecule has 2 unspecified atom stereocenters. The highest BCUT2D eigenvalue weighted by atomic mass is 19.3. The van der Waals surface area contributed by atoms with E-state index in [1.807, 2.05) is 0 Å². The van der Waals surface area contributed by atoms with Gasteiger partial charge in [0.15, 0.2) is 0 Å². The highest BCUT2D eigenvalue weighted by molar-refractivity contribution is 4.86. The Bertz CT molecular complexity index is 140. The van der Waals surface area contributed by atoms with Gasteiger partial charge in [0.25, 0.3) is 0 Å². The van der Waals surface area contributed by atoms with Crippen LogP contribution in [0.5, 0.6) is 0 Å². The van der Waals surface area contributed by atoms with Gasteiger partial charge in [0, 0.05) is 18.9 Å². The minimum Gasteiger partial charge on any atom is -0.395 e. The standard InChI is InChI=1S/C7H13F2NO/c8-7(9)2-1-5(3-7)6(10)4-11/h5-6,11H,1-4,10H2. The van der Waals surface area contributed by atoms with Crippen molar-refractivity contribution >= 4 is 0 Å².